The van der Waals surface area contributed by atoms with Crippen LogP contribution in [0.5, 0.6) is 0 Å². The molecule has 1 N–H and O–H groups in total. The lowest BCUT2D eigenvalue weighted by atomic mass is 10.00. The van der Waals surface area contributed by atoms with Crippen LogP contribution in [-0.2, 0) is 6.18 Å². The number of aliphatic hydroxyl groups is 1. The van der Waals surface area contributed by atoms with Crippen molar-refractivity contribution in [1.82, 2.24) is 0 Å². The molecule has 0 fully saturated rings. The van der Waals surface area contributed by atoms with Gasteiger partial charge in [0.2, 0.25) is 0 Å². The Morgan fingerprint density at radius 2 is 1.79 bits per heavy atom. The molecule has 1 unspecified atom stereocenters. The minimum atomic E-state index is -4.45. The van der Waals surface area contributed by atoms with Gasteiger partial charge in [-0.15, -0.1) is 6.58 Å². The molecule has 0 aliphatic carbocycles. The van der Waals surface area contributed by atoms with Gasteiger partial charge in [-0.25, -0.2) is 0 Å². The van der Waals surface area contributed by atoms with Gasteiger partial charge >= 0.3 is 6.18 Å². The number of rotatable bonds is 4. The van der Waals surface area contributed by atoms with Crippen LogP contribution in [0.3, 0.4) is 0 Å². The van der Waals surface area contributed by atoms with Gasteiger partial charge in [0, 0.05) is 0 Å². The standard InChI is InChI=1S/C14H19F3OSi/c1-10(19(2,3)4)9-13(18)11-7-5-6-8-12(11)14(15,16)17/h5-8,13,18H,1,9H2,2-4H3. The van der Waals surface area contributed by atoms with Crippen molar-refractivity contribution < 1.29 is 18.3 Å². The molecule has 19 heavy (non-hydrogen) atoms. The molecule has 1 atom stereocenters. The Morgan fingerprint density at radius 1 is 1.26 bits per heavy atom. The SMILES string of the molecule is C=C(CC(O)c1ccccc1C(F)(F)F)[Si](C)(C)C. The van der Waals surface area contributed by atoms with Gasteiger partial charge in [-0.05, 0) is 18.1 Å². The Hall–Kier alpha value is -1.07. The van der Waals surface area contributed by atoms with Gasteiger partial charge < -0.3 is 5.11 Å². The number of hydrogen-bond donors (Lipinski definition) is 1. The minimum absolute atomic E-state index is 0.0746. The molecule has 0 heterocycles. The first-order valence-corrected chi connectivity index (χ1v) is 9.56. The summed E-state index contributed by atoms with van der Waals surface area (Å²) in [5.41, 5.74) is -0.847. The summed E-state index contributed by atoms with van der Waals surface area (Å²) in [6.07, 6.45) is -5.42. The molecule has 106 valence electrons. The van der Waals surface area contributed by atoms with E-state index >= 15 is 0 Å². The molecule has 0 aliphatic rings. The zero-order chi connectivity index (χ0) is 14.8. The average molecular weight is 288 g/mol. The highest BCUT2D eigenvalue weighted by Crippen LogP contribution is 2.36. The fourth-order valence-corrected chi connectivity index (χ4v) is 2.50. The number of benzene rings is 1. The number of hydrogen-bond acceptors (Lipinski definition) is 1. The number of halogens is 3. The van der Waals surface area contributed by atoms with Crippen LogP contribution in [0.15, 0.2) is 36.0 Å². The lowest BCUT2D eigenvalue weighted by Crippen LogP contribution is -2.25. The van der Waals surface area contributed by atoms with Gasteiger partial charge in [0.15, 0.2) is 0 Å². The Labute approximate surface area is 112 Å². The van der Waals surface area contributed by atoms with Gasteiger partial charge in [0.1, 0.15) is 0 Å². The second kappa shape index (κ2) is 5.51. The molecule has 0 saturated carbocycles. The van der Waals surface area contributed by atoms with Crippen molar-refractivity contribution >= 4 is 8.07 Å². The summed E-state index contributed by atoms with van der Waals surface area (Å²) in [4.78, 5) is 0. The monoisotopic (exact) mass is 288 g/mol. The summed E-state index contributed by atoms with van der Waals surface area (Å²) in [6.45, 7) is 10.1. The van der Waals surface area contributed by atoms with Crippen molar-refractivity contribution in [2.45, 2.75) is 38.3 Å². The van der Waals surface area contributed by atoms with Gasteiger partial charge in [-0.3, -0.25) is 0 Å². The highest BCUT2D eigenvalue weighted by molar-refractivity contribution is 6.82. The van der Waals surface area contributed by atoms with Gasteiger partial charge in [-0.1, -0.05) is 43.0 Å². The molecule has 0 radical (unpaired) electrons. The molecule has 1 rings (SSSR count). The summed E-state index contributed by atoms with van der Waals surface area (Å²) >= 11 is 0. The van der Waals surface area contributed by atoms with E-state index in [4.69, 9.17) is 0 Å². The lowest BCUT2D eigenvalue weighted by Gasteiger charge is -2.24. The molecule has 0 aromatic heterocycles. The van der Waals surface area contributed by atoms with E-state index in [-0.39, 0.29) is 12.0 Å². The zero-order valence-electron chi connectivity index (χ0n) is 11.4. The van der Waals surface area contributed by atoms with Crippen LogP contribution in [0, 0.1) is 0 Å². The number of alkyl halides is 3. The lowest BCUT2D eigenvalue weighted by molar-refractivity contribution is -0.139. The van der Waals surface area contributed by atoms with Crippen molar-refractivity contribution in [1.29, 1.82) is 0 Å². The van der Waals surface area contributed by atoms with E-state index in [0.717, 1.165) is 11.3 Å². The maximum Gasteiger partial charge on any atom is 0.416 e. The van der Waals surface area contributed by atoms with E-state index in [9.17, 15) is 18.3 Å². The molecule has 0 amide bonds. The second-order valence-corrected chi connectivity index (χ2v) is 10.9. The van der Waals surface area contributed by atoms with E-state index in [1.807, 2.05) is 0 Å². The molecule has 0 saturated heterocycles. The maximum atomic E-state index is 12.9. The third-order valence-electron chi connectivity index (χ3n) is 3.13. The average Bonchev–Trinajstić information content (AvgIpc) is 2.26. The largest absolute Gasteiger partial charge is 0.416 e. The van der Waals surface area contributed by atoms with E-state index in [1.165, 1.54) is 18.2 Å². The van der Waals surface area contributed by atoms with Crippen LogP contribution < -0.4 is 0 Å². The molecule has 1 nitrogen and oxygen atoms in total. The first-order chi connectivity index (χ1) is 8.53. The summed E-state index contributed by atoms with van der Waals surface area (Å²) in [6, 6.07) is 5.15. The van der Waals surface area contributed by atoms with Gasteiger partial charge in [-0.2, -0.15) is 13.2 Å². The molecule has 0 spiro atoms. The fraction of sp³-hybridized carbons (Fsp3) is 0.429. The van der Waals surface area contributed by atoms with E-state index in [1.54, 1.807) is 0 Å². The van der Waals surface area contributed by atoms with Gasteiger partial charge in [0.25, 0.3) is 0 Å². The molecular formula is C14H19F3OSi. The van der Waals surface area contributed by atoms with Crippen LogP contribution >= 0.6 is 0 Å². The third-order valence-corrected chi connectivity index (χ3v) is 5.45. The van der Waals surface area contributed by atoms with Crippen molar-refractivity contribution in [2.24, 2.45) is 0 Å². The first kappa shape index (κ1) is 16.0. The van der Waals surface area contributed by atoms with Crippen molar-refractivity contribution in [2.75, 3.05) is 0 Å². The highest BCUT2D eigenvalue weighted by atomic mass is 28.3. The molecule has 1 aromatic rings. The van der Waals surface area contributed by atoms with Gasteiger partial charge in [0.05, 0.1) is 19.7 Å². The van der Waals surface area contributed by atoms with Crippen molar-refractivity contribution in [3.05, 3.63) is 47.2 Å². The summed E-state index contributed by atoms with van der Waals surface area (Å²) in [5.74, 6) is 0. The summed E-state index contributed by atoms with van der Waals surface area (Å²) < 4.78 is 38.6. The predicted molar refractivity (Wildman–Crippen MR) is 73.5 cm³/mol. The second-order valence-electron chi connectivity index (χ2n) is 5.66. The Kier molecular flexibility index (Phi) is 4.63. The Balaban J connectivity index is 3.01. The summed E-state index contributed by atoms with van der Waals surface area (Å²) in [5, 5.41) is 10.9. The van der Waals surface area contributed by atoms with E-state index < -0.39 is 25.9 Å². The molecule has 0 aliphatic heterocycles. The van der Waals surface area contributed by atoms with E-state index in [0.29, 0.717) is 0 Å². The topological polar surface area (TPSA) is 20.2 Å². The molecule has 0 bridgehead atoms. The molecule has 1 aromatic carbocycles. The van der Waals surface area contributed by atoms with Crippen LogP contribution in [0.1, 0.15) is 23.7 Å². The Morgan fingerprint density at radius 3 is 2.26 bits per heavy atom. The van der Waals surface area contributed by atoms with Crippen LogP contribution in [0.4, 0.5) is 13.2 Å². The fourth-order valence-electron chi connectivity index (χ4n) is 1.70. The van der Waals surface area contributed by atoms with Crippen LogP contribution in [-0.4, -0.2) is 13.2 Å². The summed E-state index contributed by atoms with van der Waals surface area (Å²) in [7, 11) is -1.66. The van der Waals surface area contributed by atoms with Crippen LogP contribution in [0.25, 0.3) is 0 Å². The normalized spacial score (nSPS) is 14.3. The predicted octanol–water partition coefficient (Wildman–Crippen LogP) is 4.56. The maximum absolute atomic E-state index is 12.9. The molecule has 5 heteroatoms. The first-order valence-electron chi connectivity index (χ1n) is 6.06. The highest BCUT2D eigenvalue weighted by Gasteiger charge is 2.35. The van der Waals surface area contributed by atoms with Crippen molar-refractivity contribution in [3.63, 3.8) is 0 Å². The van der Waals surface area contributed by atoms with Crippen molar-refractivity contribution in [3.8, 4) is 0 Å². The molecular weight excluding hydrogens is 269 g/mol. The zero-order valence-corrected chi connectivity index (χ0v) is 12.4. The quantitative estimate of drug-likeness (QED) is 0.805. The Bertz CT molecular complexity index is 460. The van der Waals surface area contributed by atoms with Crippen LogP contribution in [0.2, 0.25) is 19.6 Å². The smallest absolute Gasteiger partial charge is 0.388 e. The van der Waals surface area contributed by atoms with E-state index in [2.05, 4.69) is 26.2 Å². The number of aliphatic hydroxyl groups excluding tert-OH is 1. The third kappa shape index (κ3) is 4.21. The minimum Gasteiger partial charge on any atom is -0.388 e.